The second-order valence-electron chi connectivity index (χ2n) is 3.96. The van der Waals surface area contributed by atoms with E-state index in [0.717, 1.165) is 6.42 Å². The fraction of sp³-hybridized carbons (Fsp3) is 0.667. The van der Waals surface area contributed by atoms with Crippen LogP contribution in [0.2, 0.25) is 0 Å². The van der Waals surface area contributed by atoms with Gasteiger partial charge in [0.2, 0.25) is 0 Å². The van der Waals surface area contributed by atoms with Crippen LogP contribution in [0.25, 0.3) is 0 Å². The van der Waals surface area contributed by atoms with Crippen LogP contribution in [0.5, 0.6) is 0 Å². The molecule has 1 rings (SSSR count). The number of hydrogen-bond donors (Lipinski definition) is 2. The highest BCUT2D eigenvalue weighted by Crippen LogP contribution is 2.08. The zero-order chi connectivity index (χ0) is 11.8. The fourth-order valence-electron chi connectivity index (χ4n) is 1.48. The molecule has 0 fully saturated rings. The zero-order valence-corrected chi connectivity index (χ0v) is 10.8. The van der Waals surface area contributed by atoms with Gasteiger partial charge in [-0.1, -0.05) is 0 Å². The number of aliphatic hydroxyl groups is 1. The van der Waals surface area contributed by atoms with Gasteiger partial charge < -0.3 is 15.2 Å². The standard InChI is InChI=1S/C12H21NO2S/c1-3-15-8-12(14)7-13-10(2)6-11-4-5-16-9-11/h4-5,9-10,12-14H,3,6-8H2,1-2H3. The Morgan fingerprint density at radius 3 is 3.00 bits per heavy atom. The number of nitrogens with one attached hydrogen (secondary N) is 1. The molecular formula is C12H21NO2S. The van der Waals surface area contributed by atoms with E-state index in [2.05, 4.69) is 29.1 Å². The molecule has 0 saturated heterocycles. The van der Waals surface area contributed by atoms with Crippen molar-refractivity contribution in [1.82, 2.24) is 5.32 Å². The molecule has 1 heterocycles. The Kier molecular flexibility index (Phi) is 6.64. The van der Waals surface area contributed by atoms with Gasteiger partial charge in [0, 0.05) is 19.2 Å². The Labute approximate surface area is 101 Å². The molecule has 0 aliphatic rings. The van der Waals surface area contributed by atoms with Crippen LogP contribution in [0.15, 0.2) is 16.8 Å². The van der Waals surface area contributed by atoms with E-state index in [0.29, 0.717) is 25.8 Å². The number of ether oxygens (including phenoxy) is 1. The van der Waals surface area contributed by atoms with Crippen LogP contribution in [-0.2, 0) is 11.2 Å². The summed E-state index contributed by atoms with van der Waals surface area (Å²) in [4.78, 5) is 0. The Bertz CT molecular complexity index is 264. The molecule has 0 aromatic carbocycles. The van der Waals surface area contributed by atoms with E-state index in [1.807, 2.05) is 6.92 Å². The molecule has 0 aliphatic heterocycles. The predicted molar refractivity (Wildman–Crippen MR) is 68.0 cm³/mol. The first-order valence-corrected chi connectivity index (χ1v) is 6.67. The molecule has 2 atom stereocenters. The van der Waals surface area contributed by atoms with Crippen LogP contribution >= 0.6 is 11.3 Å². The quantitative estimate of drug-likeness (QED) is 0.730. The maximum atomic E-state index is 9.57. The summed E-state index contributed by atoms with van der Waals surface area (Å²) < 4.78 is 5.15. The largest absolute Gasteiger partial charge is 0.389 e. The maximum Gasteiger partial charge on any atom is 0.0897 e. The van der Waals surface area contributed by atoms with E-state index in [1.165, 1.54) is 5.56 Å². The third-order valence-electron chi connectivity index (χ3n) is 2.34. The zero-order valence-electron chi connectivity index (χ0n) is 9.98. The van der Waals surface area contributed by atoms with Crippen LogP contribution in [0.1, 0.15) is 19.4 Å². The molecule has 0 amide bonds. The number of rotatable bonds is 8. The SMILES string of the molecule is CCOCC(O)CNC(C)Cc1ccsc1. The number of thiophene rings is 1. The summed E-state index contributed by atoms with van der Waals surface area (Å²) >= 11 is 1.72. The highest BCUT2D eigenvalue weighted by Gasteiger charge is 2.07. The normalized spacial score (nSPS) is 14.9. The van der Waals surface area contributed by atoms with Crippen LogP contribution < -0.4 is 5.32 Å². The summed E-state index contributed by atoms with van der Waals surface area (Å²) in [5.74, 6) is 0. The molecule has 0 saturated carbocycles. The molecule has 0 spiro atoms. The topological polar surface area (TPSA) is 41.5 Å². The van der Waals surface area contributed by atoms with Gasteiger partial charge in [-0.05, 0) is 42.7 Å². The van der Waals surface area contributed by atoms with E-state index in [-0.39, 0.29) is 0 Å². The third-order valence-corrected chi connectivity index (χ3v) is 3.07. The van der Waals surface area contributed by atoms with Gasteiger partial charge in [-0.15, -0.1) is 0 Å². The molecule has 4 heteroatoms. The van der Waals surface area contributed by atoms with Crippen LogP contribution in [0.3, 0.4) is 0 Å². The highest BCUT2D eigenvalue weighted by molar-refractivity contribution is 7.07. The summed E-state index contributed by atoms with van der Waals surface area (Å²) in [6.45, 7) is 5.71. The first-order valence-electron chi connectivity index (χ1n) is 5.72. The Morgan fingerprint density at radius 2 is 2.38 bits per heavy atom. The van der Waals surface area contributed by atoms with Crippen LogP contribution in [0, 0.1) is 0 Å². The smallest absolute Gasteiger partial charge is 0.0897 e. The summed E-state index contributed by atoms with van der Waals surface area (Å²) in [5, 5.41) is 17.1. The van der Waals surface area contributed by atoms with Gasteiger partial charge in [0.1, 0.15) is 0 Å². The third kappa shape index (κ3) is 5.61. The molecule has 2 unspecified atom stereocenters. The first kappa shape index (κ1) is 13.6. The predicted octanol–water partition coefficient (Wildman–Crippen LogP) is 1.67. The lowest BCUT2D eigenvalue weighted by Crippen LogP contribution is -2.37. The average Bonchev–Trinajstić information content (AvgIpc) is 2.76. The molecule has 92 valence electrons. The lowest BCUT2D eigenvalue weighted by molar-refractivity contribution is 0.0417. The molecule has 0 aliphatic carbocycles. The van der Waals surface area contributed by atoms with Gasteiger partial charge in [-0.2, -0.15) is 11.3 Å². The molecule has 1 aromatic heterocycles. The van der Waals surface area contributed by atoms with Crippen LogP contribution in [-0.4, -0.2) is 37.0 Å². The van der Waals surface area contributed by atoms with E-state index >= 15 is 0 Å². The van der Waals surface area contributed by atoms with Gasteiger partial charge >= 0.3 is 0 Å². The van der Waals surface area contributed by atoms with E-state index in [1.54, 1.807) is 11.3 Å². The second-order valence-corrected chi connectivity index (χ2v) is 4.74. The van der Waals surface area contributed by atoms with Crippen molar-refractivity contribution >= 4 is 11.3 Å². The molecule has 16 heavy (non-hydrogen) atoms. The monoisotopic (exact) mass is 243 g/mol. The molecule has 1 aromatic rings. The van der Waals surface area contributed by atoms with Crippen molar-refractivity contribution < 1.29 is 9.84 Å². The van der Waals surface area contributed by atoms with Crippen molar-refractivity contribution in [3.05, 3.63) is 22.4 Å². The summed E-state index contributed by atoms with van der Waals surface area (Å²) in [6.07, 6.45) is 0.593. The molecule has 3 nitrogen and oxygen atoms in total. The van der Waals surface area contributed by atoms with Crippen molar-refractivity contribution in [1.29, 1.82) is 0 Å². The lowest BCUT2D eigenvalue weighted by Gasteiger charge is -2.16. The minimum absolute atomic E-state index is 0.380. The van der Waals surface area contributed by atoms with Gasteiger partial charge in [0.25, 0.3) is 0 Å². The fourth-order valence-corrected chi connectivity index (χ4v) is 2.17. The minimum Gasteiger partial charge on any atom is -0.389 e. The average molecular weight is 243 g/mol. The van der Waals surface area contributed by atoms with E-state index in [9.17, 15) is 5.11 Å². The lowest BCUT2D eigenvalue weighted by atomic mass is 10.1. The van der Waals surface area contributed by atoms with Crippen molar-refractivity contribution in [2.75, 3.05) is 19.8 Å². The second kappa shape index (κ2) is 7.79. The molecule has 2 N–H and O–H groups in total. The number of hydrogen-bond acceptors (Lipinski definition) is 4. The Hall–Kier alpha value is -0.420. The summed E-state index contributed by atoms with van der Waals surface area (Å²) in [5.41, 5.74) is 1.35. The van der Waals surface area contributed by atoms with Crippen molar-refractivity contribution in [2.24, 2.45) is 0 Å². The molecular weight excluding hydrogens is 222 g/mol. The highest BCUT2D eigenvalue weighted by atomic mass is 32.1. The van der Waals surface area contributed by atoms with Crippen molar-refractivity contribution in [3.63, 3.8) is 0 Å². The molecule has 0 bridgehead atoms. The Morgan fingerprint density at radius 1 is 1.56 bits per heavy atom. The first-order chi connectivity index (χ1) is 7.72. The summed E-state index contributed by atoms with van der Waals surface area (Å²) in [6, 6.07) is 2.52. The van der Waals surface area contributed by atoms with Gasteiger partial charge in [-0.3, -0.25) is 0 Å². The van der Waals surface area contributed by atoms with Crippen molar-refractivity contribution in [2.45, 2.75) is 32.4 Å². The maximum absolute atomic E-state index is 9.57. The van der Waals surface area contributed by atoms with Gasteiger partial charge in [0.05, 0.1) is 12.7 Å². The van der Waals surface area contributed by atoms with E-state index < -0.39 is 6.10 Å². The van der Waals surface area contributed by atoms with Gasteiger partial charge in [0.15, 0.2) is 0 Å². The Balaban J connectivity index is 2.12. The van der Waals surface area contributed by atoms with Gasteiger partial charge in [-0.25, -0.2) is 0 Å². The number of aliphatic hydroxyl groups excluding tert-OH is 1. The van der Waals surface area contributed by atoms with E-state index in [4.69, 9.17) is 4.74 Å². The molecule has 0 radical (unpaired) electrons. The minimum atomic E-state index is -0.412. The van der Waals surface area contributed by atoms with Crippen LogP contribution in [0.4, 0.5) is 0 Å². The van der Waals surface area contributed by atoms with Crippen molar-refractivity contribution in [3.8, 4) is 0 Å². The summed E-state index contributed by atoms with van der Waals surface area (Å²) in [7, 11) is 0.